The second-order valence-electron chi connectivity index (χ2n) is 4.49. The average Bonchev–Trinajstić information content (AvgIpc) is 2.80. The normalized spacial score (nSPS) is 21.3. The van der Waals surface area contributed by atoms with Gasteiger partial charge in [-0.15, -0.1) is 0 Å². The van der Waals surface area contributed by atoms with Crippen LogP contribution in [0.15, 0.2) is 17.1 Å². The molecular formula is C12H11ClFN3O. The second kappa shape index (κ2) is 3.95. The number of hydrogen-bond acceptors (Lipinski definition) is 4. The van der Waals surface area contributed by atoms with Gasteiger partial charge in [-0.1, -0.05) is 0 Å². The summed E-state index contributed by atoms with van der Waals surface area (Å²) in [5.41, 5.74) is 6.91. The summed E-state index contributed by atoms with van der Waals surface area (Å²) in [6.45, 7) is 0.806. The van der Waals surface area contributed by atoms with Gasteiger partial charge in [-0.3, -0.25) is 4.79 Å². The Hall–Kier alpha value is -1.62. The van der Waals surface area contributed by atoms with Crippen LogP contribution in [0.25, 0.3) is 0 Å². The summed E-state index contributed by atoms with van der Waals surface area (Å²) in [6.07, 6.45) is 1.85. The van der Waals surface area contributed by atoms with Gasteiger partial charge in [0.2, 0.25) is 0 Å². The lowest BCUT2D eigenvalue weighted by Gasteiger charge is -2.31. The van der Waals surface area contributed by atoms with Crippen LogP contribution in [0.3, 0.4) is 0 Å². The number of rotatable bonds is 1. The first-order valence-electron chi connectivity index (χ1n) is 5.72. The SMILES string of the molecule is NC1=Nc2c(F)cc(C(=O)Cl)cc2[C@@H]2CCCN12. The molecule has 1 atom stereocenters. The van der Waals surface area contributed by atoms with Crippen LogP contribution in [0, 0.1) is 5.82 Å². The van der Waals surface area contributed by atoms with Crippen molar-refractivity contribution in [2.24, 2.45) is 10.7 Å². The van der Waals surface area contributed by atoms with E-state index in [2.05, 4.69) is 4.99 Å². The lowest BCUT2D eigenvalue weighted by atomic mass is 9.98. The molecule has 0 aliphatic carbocycles. The average molecular weight is 268 g/mol. The molecule has 4 nitrogen and oxygen atoms in total. The van der Waals surface area contributed by atoms with Crippen molar-refractivity contribution in [2.45, 2.75) is 18.9 Å². The summed E-state index contributed by atoms with van der Waals surface area (Å²) < 4.78 is 13.9. The summed E-state index contributed by atoms with van der Waals surface area (Å²) in [6, 6.07) is 2.73. The van der Waals surface area contributed by atoms with Crippen molar-refractivity contribution < 1.29 is 9.18 Å². The van der Waals surface area contributed by atoms with Crippen molar-refractivity contribution in [3.05, 3.63) is 29.1 Å². The van der Waals surface area contributed by atoms with Crippen LogP contribution in [-0.4, -0.2) is 22.6 Å². The number of nitrogens with zero attached hydrogens (tertiary/aromatic N) is 2. The maximum atomic E-state index is 13.9. The van der Waals surface area contributed by atoms with Gasteiger partial charge < -0.3 is 10.6 Å². The Morgan fingerprint density at radius 1 is 1.56 bits per heavy atom. The molecule has 0 radical (unpaired) electrons. The fourth-order valence-corrected chi connectivity index (χ4v) is 2.76. The van der Waals surface area contributed by atoms with E-state index < -0.39 is 11.1 Å². The Balaban J connectivity index is 2.20. The van der Waals surface area contributed by atoms with E-state index in [4.69, 9.17) is 17.3 Å². The van der Waals surface area contributed by atoms with Crippen LogP contribution in [0.4, 0.5) is 10.1 Å². The van der Waals surface area contributed by atoms with E-state index >= 15 is 0 Å². The molecule has 94 valence electrons. The lowest BCUT2D eigenvalue weighted by Crippen LogP contribution is -2.38. The molecule has 2 N–H and O–H groups in total. The Morgan fingerprint density at radius 3 is 3.06 bits per heavy atom. The van der Waals surface area contributed by atoms with Crippen LogP contribution < -0.4 is 5.73 Å². The fourth-order valence-electron chi connectivity index (χ4n) is 2.65. The first kappa shape index (κ1) is 11.5. The fraction of sp³-hybridized carbons (Fsp3) is 0.333. The number of halogens is 2. The maximum Gasteiger partial charge on any atom is 0.252 e. The Labute approximate surface area is 108 Å². The second-order valence-corrected chi connectivity index (χ2v) is 4.83. The number of fused-ring (bicyclic) bond motifs is 3. The third-order valence-electron chi connectivity index (χ3n) is 3.45. The lowest BCUT2D eigenvalue weighted by molar-refractivity contribution is 0.108. The van der Waals surface area contributed by atoms with Crippen LogP contribution >= 0.6 is 11.6 Å². The van der Waals surface area contributed by atoms with Gasteiger partial charge in [-0.25, -0.2) is 9.38 Å². The topological polar surface area (TPSA) is 58.7 Å². The third kappa shape index (κ3) is 1.58. The summed E-state index contributed by atoms with van der Waals surface area (Å²) in [7, 11) is 0. The van der Waals surface area contributed by atoms with Gasteiger partial charge in [0.1, 0.15) is 11.5 Å². The highest BCUT2D eigenvalue weighted by atomic mass is 35.5. The molecule has 0 unspecified atom stereocenters. The minimum atomic E-state index is -0.663. The molecule has 1 saturated heterocycles. The summed E-state index contributed by atoms with van der Waals surface area (Å²) in [4.78, 5) is 17.2. The van der Waals surface area contributed by atoms with Crippen LogP contribution in [0.5, 0.6) is 0 Å². The summed E-state index contributed by atoms with van der Waals surface area (Å²) >= 11 is 5.41. The van der Waals surface area contributed by atoms with Crippen LogP contribution in [0.2, 0.25) is 0 Å². The van der Waals surface area contributed by atoms with E-state index in [-0.39, 0.29) is 17.3 Å². The van der Waals surface area contributed by atoms with Crippen molar-refractivity contribution in [1.29, 1.82) is 0 Å². The van der Waals surface area contributed by atoms with Crippen molar-refractivity contribution in [3.8, 4) is 0 Å². The minimum Gasteiger partial charge on any atom is -0.369 e. The Morgan fingerprint density at radius 2 is 2.33 bits per heavy atom. The van der Waals surface area contributed by atoms with Gasteiger partial charge in [-0.2, -0.15) is 0 Å². The van der Waals surface area contributed by atoms with E-state index in [1.165, 1.54) is 0 Å². The zero-order valence-corrected chi connectivity index (χ0v) is 10.2. The first-order chi connectivity index (χ1) is 8.58. The van der Waals surface area contributed by atoms with Gasteiger partial charge in [0, 0.05) is 17.7 Å². The number of aliphatic imine (C=N–C) groups is 1. The number of nitrogens with two attached hydrogens (primary N) is 1. The minimum absolute atomic E-state index is 0.00275. The Kier molecular flexibility index (Phi) is 2.52. The molecule has 2 aliphatic rings. The molecule has 0 bridgehead atoms. The summed E-state index contributed by atoms with van der Waals surface area (Å²) in [5.74, 6) is -0.208. The molecule has 0 aromatic heterocycles. The van der Waals surface area contributed by atoms with E-state index in [0.29, 0.717) is 11.5 Å². The number of guanidine groups is 1. The molecule has 6 heteroatoms. The molecule has 1 fully saturated rings. The van der Waals surface area contributed by atoms with Crippen molar-refractivity contribution in [1.82, 2.24) is 4.90 Å². The molecule has 0 saturated carbocycles. The van der Waals surface area contributed by atoms with Crippen LogP contribution in [-0.2, 0) is 0 Å². The van der Waals surface area contributed by atoms with Gasteiger partial charge in [0.05, 0.1) is 6.04 Å². The number of carbonyl (C=O) groups is 1. The first-order valence-corrected chi connectivity index (χ1v) is 6.10. The maximum absolute atomic E-state index is 13.9. The van der Waals surface area contributed by atoms with Gasteiger partial charge in [0.25, 0.3) is 5.24 Å². The number of hydrogen-bond donors (Lipinski definition) is 1. The highest BCUT2D eigenvalue weighted by Crippen LogP contribution is 2.42. The molecule has 3 rings (SSSR count). The largest absolute Gasteiger partial charge is 0.369 e. The number of benzene rings is 1. The zero-order chi connectivity index (χ0) is 12.9. The summed E-state index contributed by atoms with van der Waals surface area (Å²) in [5, 5.41) is -0.663. The molecule has 2 aliphatic heterocycles. The van der Waals surface area contributed by atoms with E-state index in [1.54, 1.807) is 6.07 Å². The highest BCUT2D eigenvalue weighted by molar-refractivity contribution is 6.67. The molecule has 1 aromatic carbocycles. The third-order valence-corrected chi connectivity index (χ3v) is 3.67. The van der Waals surface area contributed by atoms with Gasteiger partial charge in [0.15, 0.2) is 5.96 Å². The standard InChI is InChI=1S/C12H11ClFN3O/c13-11(18)6-4-7-9-2-1-3-17(9)12(15)16-10(7)8(14)5-6/h4-5,9H,1-3H2,(H2,15,16)/t9-/m0/s1. The number of carbonyl (C=O) groups excluding carboxylic acids is 1. The predicted molar refractivity (Wildman–Crippen MR) is 66.5 cm³/mol. The van der Waals surface area contributed by atoms with E-state index in [1.807, 2.05) is 4.90 Å². The van der Waals surface area contributed by atoms with Gasteiger partial charge in [-0.05, 0) is 36.6 Å². The predicted octanol–water partition coefficient (Wildman–Crippen LogP) is 2.30. The molecular weight excluding hydrogens is 257 g/mol. The molecule has 1 aromatic rings. The molecule has 0 spiro atoms. The smallest absolute Gasteiger partial charge is 0.252 e. The van der Waals surface area contributed by atoms with Crippen LogP contribution in [0.1, 0.15) is 34.8 Å². The highest BCUT2D eigenvalue weighted by Gasteiger charge is 2.34. The van der Waals surface area contributed by atoms with Gasteiger partial charge >= 0.3 is 0 Å². The van der Waals surface area contributed by atoms with Crippen molar-refractivity contribution >= 4 is 28.5 Å². The van der Waals surface area contributed by atoms with Crippen molar-refractivity contribution in [3.63, 3.8) is 0 Å². The zero-order valence-electron chi connectivity index (χ0n) is 9.49. The molecule has 2 heterocycles. The van der Waals surface area contributed by atoms with Crippen molar-refractivity contribution in [2.75, 3.05) is 6.54 Å². The molecule has 0 amide bonds. The molecule has 18 heavy (non-hydrogen) atoms. The van der Waals surface area contributed by atoms with E-state index in [9.17, 15) is 9.18 Å². The Bertz CT molecular complexity index is 573. The monoisotopic (exact) mass is 267 g/mol. The quantitative estimate of drug-likeness (QED) is 0.795. The van der Waals surface area contributed by atoms with E-state index in [0.717, 1.165) is 25.5 Å².